The highest BCUT2D eigenvalue weighted by molar-refractivity contribution is 6.01. The van der Waals surface area contributed by atoms with Crippen molar-refractivity contribution >= 4 is 22.5 Å². The average Bonchev–Trinajstić information content (AvgIpc) is 2.35. The Balaban J connectivity index is 0.00000200. The lowest BCUT2D eigenvalue weighted by atomic mass is 10.1. The Morgan fingerprint density at radius 3 is 2.40 bits per heavy atom. The van der Waals surface area contributed by atoms with Crippen molar-refractivity contribution < 1.29 is 26.8 Å². The van der Waals surface area contributed by atoms with Crippen LogP contribution < -0.4 is 17.3 Å². The molecule has 0 aliphatic rings. The zero-order chi connectivity index (χ0) is 14.2. The maximum atomic E-state index is 12.3. The molecule has 0 aromatic heterocycles. The summed E-state index contributed by atoms with van der Waals surface area (Å²) in [6.07, 6.45) is 0. The lowest BCUT2D eigenvalue weighted by Gasteiger charge is -2.27. The van der Waals surface area contributed by atoms with Gasteiger partial charge in [0.1, 0.15) is 5.75 Å². The number of carbonyl (C=O) groups excluding carboxylic acids is 1. The summed E-state index contributed by atoms with van der Waals surface area (Å²) >= 11 is 0. The molecule has 0 saturated carbocycles. The SMILES string of the molecule is CN(C(=O)[N+](C)(C)C)c1cccc2ccc(O)cc12.[Cl-]. The van der Waals surface area contributed by atoms with Gasteiger partial charge in [-0.3, -0.25) is 4.90 Å². The second-order valence-electron chi connectivity index (χ2n) is 5.54. The van der Waals surface area contributed by atoms with Gasteiger partial charge in [0.05, 0.1) is 26.8 Å². The van der Waals surface area contributed by atoms with Crippen molar-refractivity contribution in [1.82, 2.24) is 0 Å². The minimum Gasteiger partial charge on any atom is -1.00 e. The van der Waals surface area contributed by atoms with E-state index in [0.29, 0.717) is 0 Å². The third kappa shape index (κ3) is 3.03. The number of halogens is 1. The van der Waals surface area contributed by atoms with Crippen molar-refractivity contribution in [2.75, 3.05) is 33.1 Å². The Morgan fingerprint density at radius 1 is 1.15 bits per heavy atom. The molecule has 0 heterocycles. The maximum absolute atomic E-state index is 12.3. The summed E-state index contributed by atoms with van der Waals surface area (Å²) in [6, 6.07) is 10.9. The van der Waals surface area contributed by atoms with E-state index in [2.05, 4.69) is 0 Å². The Morgan fingerprint density at radius 2 is 1.80 bits per heavy atom. The van der Waals surface area contributed by atoms with E-state index in [1.165, 1.54) is 0 Å². The van der Waals surface area contributed by atoms with Crippen molar-refractivity contribution in [3.05, 3.63) is 36.4 Å². The van der Waals surface area contributed by atoms with Crippen LogP contribution in [0.5, 0.6) is 5.75 Å². The molecular formula is C15H19ClN2O2. The van der Waals surface area contributed by atoms with Crippen LogP contribution in [0.1, 0.15) is 0 Å². The van der Waals surface area contributed by atoms with Gasteiger partial charge in [-0.05, 0) is 23.6 Å². The van der Waals surface area contributed by atoms with E-state index in [9.17, 15) is 9.90 Å². The number of phenolic OH excluding ortho intramolecular Hbond substituents is 1. The summed E-state index contributed by atoms with van der Waals surface area (Å²) < 4.78 is 0.214. The number of nitrogens with zero attached hydrogens (tertiary/aromatic N) is 2. The fourth-order valence-electron chi connectivity index (χ4n) is 2.09. The quantitative estimate of drug-likeness (QED) is 0.741. The van der Waals surface area contributed by atoms with E-state index >= 15 is 0 Å². The molecule has 0 atom stereocenters. The van der Waals surface area contributed by atoms with Crippen LogP contribution in [0.25, 0.3) is 10.8 Å². The number of urea groups is 1. The predicted molar refractivity (Wildman–Crippen MR) is 77.4 cm³/mol. The number of phenols is 1. The second-order valence-corrected chi connectivity index (χ2v) is 5.54. The van der Waals surface area contributed by atoms with E-state index < -0.39 is 0 Å². The van der Waals surface area contributed by atoms with Crippen molar-refractivity contribution in [3.63, 3.8) is 0 Å². The van der Waals surface area contributed by atoms with Crippen LogP contribution in [0.4, 0.5) is 10.5 Å². The summed E-state index contributed by atoms with van der Waals surface area (Å²) in [5, 5.41) is 11.5. The summed E-state index contributed by atoms with van der Waals surface area (Å²) in [6.45, 7) is 0. The Labute approximate surface area is 125 Å². The highest BCUT2D eigenvalue weighted by Gasteiger charge is 2.27. The fourth-order valence-corrected chi connectivity index (χ4v) is 2.09. The van der Waals surface area contributed by atoms with Gasteiger partial charge in [-0.2, -0.15) is 0 Å². The van der Waals surface area contributed by atoms with Crippen LogP contribution in [0.15, 0.2) is 36.4 Å². The first-order valence-electron chi connectivity index (χ1n) is 6.12. The first-order chi connectivity index (χ1) is 8.80. The summed E-state index contributed by atoms with van der Waals surface area (Å²) in [5.41, 5.74) is 0.798. The smallest absolute Gasteiger partial charge is 0.422 e. The van der Waals surface area contributed by atoms with Gasteiger partial charge in [-0.1, -0.05) is 18.2 Å². The molecule has 0 aliphatic carbocycles. The number of hydrogen-bond donors (Lipinski definition) is 1. The van der Waals surface area contributed by atoms with Gasteiger partial charge < -0.3 is 17.5 Å². The number of aromatic hydroxyl groups is 1. The van der Waals surface area contributed by atoms with Crippen LogP contribution in [0.3, 0.4) is 0 Å². The van der Waals surface area contributed by atoms with Crippen molar-refractivity contribution in [1.29, 1.82) is 0 Å². The first kappa shape index (κ1) is 16.3. The summed E-state index contributed by atoms with van der Waals surface area (Å²) in [5.74, 6) is 0.200. The molecule has 2 amide bonds. The van der Waals surface area contributed by atoms with Crippen molar-refractivity contribution in [2.45, 2.75) is 0 Å². The third-order valence-corrected chi connectivity index (χ3v) is 3.06. The highest BCUT2D eigenvalue weighted by Crippen LogP contribution is 2.29. The minimum absolute atomic E-state index is 0. The molecule has 0 spiro atoms. The maximum Gasteiger partial charge on any atom is 0.422 e. The van der Waals surface area contributed by atoms with Crippen LogP contribution in [-0.2, 0) is 0 Å². The van der Waals surface area contributed by atoms with E-state index in [0.717, 1.165) is 16.5 Å². The number of anilines is 1. The molecule has 4 nitrogen and oxygen atoms in total. The number of amides is 2. The molecule has 0 radical (unpaired) electrons. The predicted octanol–water partition coefficient (Wildman–Crippen LogP) is -0.188. The Kier molecular flexibility index (Phi) is 4.63. The van der Waals surface area contributed by atoms with E-state index in [1.54, 1.807) is 24.1 Å². The van der Waals surface area contributed by atoms with Gasteiger partial charge in [0, 0.05) is 12.4 Å². The second kappa shape index (κ2) is 5.69. The monoisotopic (exact) mass is 294 g/mol. The number of hydrogen-bond acceptors (Lipinski definition) is 2. The average molecular weight is 295 g/mol. The molecular weight excluding hydrogens is 276 g/mol. The molecule has 0 aliphatic heterocycles. The largest absolute Gasteiger partial charge is 1.00 e. The van der Waals surface area contributed by atoms with Gasteiger partial charge >= 0.3 is 6.03 Å². The number of quaternary nitrogens is 1. The molecule has 1 N–H and O–H groups in total. The molecule has 0 saturated heterocycles. The van der Waals surface area contributed by atoms with Gasteiger partial charge in [0.15, 0.2) is 0 Å². The normalized spacial score (nSPS) is 11.0. The molecule has 2 aromatic carbocycles. The van der Waals surface area contributed by atoms with Crippen LogP contribution in [0, 0.1) is 0 Å². The molecule has 20 heavy (non-hydrogen) atoms. The van der Waals surface area contributed by atoms with Gasteiger partial charge in [-0.15, -0.1) is 0 Å². The molecule has 0 fully saturated rings. The van der Waals surface area contributed by atoms with Gasteiger partial charge in [0.2, 0.25) is 0 Å². The summed E-state index contributed by atoms with van der Waals surface area (Å²) in [4.78, 5) is 14.0. The standard InChI is InChI=1S/C15H18N2O2.ClH/c1-16(15(19)17(2,3)4)14-7-5-6-11-8-9-12(18)10-13(11)14;/h5-10H,1-4H3;1H. The number of fused-ring (bicyclic) bond motifs is 1. The fraction of sp³-hybridized carbons (Fsp3) is 0.267. The summed E-state index contributed by atoms with van der Waals surface area (Å²) in [7, 11) is 7.26. The van der Waals surface area contributed by atoms with E-state index in [1.807, 2.05) is 45.4 Å². The van der Waals surface area contributed by atoms with Crippen molar-refractivity contribution in [2.24, 2.45) is 0 Å². The molecule has 108 valence electrons. The van der Waals surface area contributed by atoms with E-state index in [-0.39, 0.29) is 28.7 Å². The molecule has 5 heteroatoms. The zero-order valence-corrected chi connectivity index (χ0v) is 12.8. The lowest BCUT2D eigenvalue weighted by Crippen LogP contribution is -3.00. The Bertz CT molecular complexity index is 635. The van der Waals surface area contributed by atoms with Crippen molar-refractivity contribution in [3.8, 4) is 5.75 Å². The van der Waals surface area contributed by atoms with E-state index in [4.69, 9.17) is 0 Å². The van der Waals surface area contributed by atoms with Crippen LogP contribution in [-0.4, -0.2) is 43.8 Å². The molecule has 2 rings (SSSR count). The third-order valence-electron chi connectivity index (χ3n) is 3.06. The number of rotatable bonds is 1. The highest BCUT2D eigenvalue weighted by atomic mass is 35.5. The topological polar surface area (TPSA) is 40.5 Å². The van der Waals surface area contributed by atoms with Crippen LogP contribution >= 0.6 is 0 Å². The van der Waals surface area contributed by atoms with Gasteiger partial charge in [0.25, 0.3) is 0 Å². The van der Waals surface area contributed by atoms with Crippen LogP contribution in [0.2, 0.25) is 0 Å². The minimum atomic E-state index is -0.0177. The molecule has 2 aromatic rings. The van der Waals surface area contributed by atoms with Gasteiger partial charge in [-0.25, -0.2) is 9.28 Å². The molecule has 0 bridgehead atoms. The zero-order valence-electron chi connectivity index (χ0n) is 12.1. The Hall–Kier alpha value is -1.78. The number of carbonyl (C=O) groups is 1. The number of benzene rings is 2. The lowest BCUT2D eigenvalue weighted by molar-refractivity contribution is -0.785. The molecule has 0 unspecified atom stereocenters. The first-order valence-corrected chi connectivity index (χ1v) is 6.12.